The Hall–Kier alpha value is -1.41. The molecule has 0 saturated carbocycles. The maximum absolute atomic E-state index is 13.1. The molecule has 112 valence electrons. The lowest BCUT2D eigenvalue weighted by Crippen LogP contribution is -2.13. The predicted octanol–water partition coefficient (Wildman–Crippen LogP) is 5.23. The van der Waals surface area contributed by atoms with Gasteiger partial charge in [-0.2, -0.15) is 13.2 Å². The number of nitrogens with one attached hydrogen (secondary N) is 1. The van der Waals surface area contributed by atoms with E-state index in [-0.39, 0.29) is 5.69 Å². The number of anilines is 1. The van der Waals surface area contributed by atoms with E-state index in [2.05, 4.69) is 21.2 Å². The number of hydrogen-bond acceptors (Lipinski definition) is 2. The maximum Gasteiger partial charge on any atom is 0.419 e. The Bertz CT molecular complexity index is 676. The topological polar surface area (TPSA) is 29.1 Å². The highest BCUT2D eigenvalue weighted by molar-refractivity contribution is 9.11. The van der Waals surface area contributed by atoms with Crippen molar-refractivity contribution in [1.82, 2.24) is 0 Å². The summed E-state index contributed by atoms with van der Waals surface area (Å²) in [6.45, 7) is 1.79. The molecule has 0 radical (unpaired) electrons. The molecule has 0 spiro atoms. The van der Waals surface area contributed by atoms with Crippen LogP contribution in [0, 0.1) is 12.7 Å². The molecule has 21 heavy (non-hydrogen) atoms. The summed E-state index contributed by atoms with van der Waals surface area (Å²) >= 11 is 4.42. The largest absolute Gasteiger partial charge is 0.419 e. The second kappa shape index (κ2) is 5.76. The Morgan fingerprint density at radius 1 is 1.29 bits per heavy atom. The van der Waals surface area contributed by atoms with Crippen molar-refractivity contribution >= 4 is 38.9 Å². The van der Waals surface area contributed by atoms with Crippen molar-refractivity contribution in [1.29, 1.82) is 0 Å². The van der Waals surface area contributed by atoms with Crippen LogP contribution in [-0.2, 0) is 6.18 Å². The van der Waals surface area contributed by atoms with Gasteiger partial charge in [0, 0.05) is 5.69 Å². The van der Waals surface area contributed by atoms with E-state index >= 15 is 0 Å². The van der Waals surface area contributed by atoms with Crippen molar-refractivity contribution in [2.24, 2.45) is 0 Å². The van der Waals surface area contributed by atoms with Crippen LogP contribution < -0.4 is 5.32 Å². The Kier molecular flexibility index (Phi) is 4.38. The first kappa shape index (κ1) is 16.0. The lowest BCUT2D eigenvalue weighted by Gasteiger charge is -2.10. The van der Waals surface area contributed by atoms with E-state index in [1.165, 1.54) is 0 Å². The van der Waals surface area contributed by atoms with Crippen LogP contribution in [0.5, 0.6) is 0 Å². The summed E-state index contributed by atoms with van der Waals surface area (Å²) < 4.78 is 51.7. The average molecular weight is 382 g/mol. The predicted molar refractivity (Wildman–Crippen MR) is 76.1 cm³/mol. The first-order valence-corrected chi connectivity index (χ1v) is 7.23. The molecule has 0 unspecified atom stereocenters. The van der Waals surface area contributed by atoms with E-state index < -0.39 is 23.5 Å². The first-order valence-electron chi connectivity index (χ1n) is 5.62. The first-order chi connectivity index (χ1) is 9.68. The van der Waals surface area contributed by atoms with Crippen molar-refractivity contribution in [2.45, 2.75) is 13.1 Å². The smallest absolute Gasteiger partial charge is 0.321 e. The van der Waals surface area contributed by atoms with Gasteiger partial charge in [-0.3, -0.25) is 4.79 Å². The molecule has 0 saturated heterocycles. The third kappa shape index (κ3) is 3.62. The molecule has 1 aromatic heterocycles. The fourth-order valence-corrected chi connectivity index (χ4v) is 3.01. The highest BCUT2D eigenvalue weighted by atomic mass is 79.9. The van der Waals surface area contributed by atoms with E-state index in [4.69, 9.17) is 0 Å². The summed E-state index contributed by atoms with van der Waals surface area (Å²) in [5, 5.41) is 2.32. The zero-order chi connectivity index (χ0) is 15.8. The molecular weight excluding hydrogens is 374 g/mol. The second-order valence-electron chi connectivity index (χ2n) is 4.21. The highest BCUT2D eigenvalue weighted by Gasteiger charge is 2.34. The molecule has 2 rings (SSSR count). The van der Waals surface area contributed by atoms with Gasteiger partial charge in [0.2, 0.25) is 0 Å². The zero-order valence-electron chi connectivity index (χ0n) is 10.5. The van der Waals surface area contributed by atoms with E-state index in [1.54, 1.807) is 13.0 Å². The van der Waals surface area contributed by atoms with Gasteiger partial charge in [0.25, 0.3) is 5.91 Å². The molecule has 0 aliphatic rings. The second-order valence-corrected chi connectivity index (χ2v) is 6.58. The fourth-order valence-electron chi connectivity index (χ4n) is 1.58. The molecule has 0 aliphatic heterocycles. The van der Waals surface area contributed by atoms with Gasteiger partial charge >= 0.3 is 6.18 Å². The van der Waals surface area contributed by atoms with Crippen molar-refractivity contribution in [3.05, 3.63) is 49.9 Å². The third-order valence-electron chi connectivity index (χ3n) is 2.61. The summed E-state index contributed by atoms with van der Waals surface area (Å²) in [6, 6.07) is 3.94. The summed E-state index contributed by atoms with van der Waals surface area (Å²) in [4.78, 5) is 12.3. The summed E-state index contributed by atoms with van der Waals surface area (Å²) in [6.07, 6.45) is -4.81. The molecular formula is C13H8BrF4NOS. The van der Waals surface area contributed by atoms with E-state index in [9.17, 15) is 22.4 Å². The minimum Gasteiger partial charge on any atom is -0.321 e. The van der Waals surface area contributed by atoms with Gasteiger partial charge < -0.3 is 5.32 Å². The molecule has 1 heterocycles. The molecule has 0 fully saturated rings. The fraction of sp³-hybridized carbons (Fsp3) is 0.154. The Morgan fingerprint density at radius 2 is 1.95 bits per heavy atom. The maximum atomic E-state index is 13.1. The van der Waals surface area contributed by atoms with Crippen LogP contribution in [0.15, 0.2) is 28.1 Å². The molecule has 2 aromatic rings. The number of carbonyl (C=O) groups excluding carboxylic acids is 1. The number of thiophene rings is 1. The van der Waals surface area contributed by atoms with Crippen LogP contribution in [0.4, 0.5) is 23.2 Å². The van der Waals surface area contributed by atoms with E-state index in [1.807, 2.05) is 0 Å². The number of hydrogen-bond donors (Lipinski definition) is 1. The van der Waals surface area contributed by atoms with Crippen molar-refractivity contribution < 1.29 is 22.4 Å². The molecule has 0 aliphatic carbocycles. The average Bonchev–Trinajstić information content (AvgIpc) is 2.71. The monoisotopic (exact) mass is 381 g/mol. The van der Waals surface area contributed by atoms with Crippen LogP contribution >= 0.6 is 27.3 Å². The number of amides is 1. The van der Waals surface area contributed by atoms with Gasteiger partial charge in [-0.15, -0.1) is 11.3 Å². The number of rotatable bonds is 2. The number of benzene rings is 1. The van der Waals surface area contributed by atoms with Crippen LogP contribution in [0.2, 0.25) is 0 Å². The van der Waals surface area contributed by atoms with Gasteiger partial charge in [0.05, 0.1) is 14.2 Å². The van der Waals surface area contributed by atoms with Crippen LogP contribution in [-0.4, -0.2) is 5.91 Å². The molecule has 1 N–H and O–H groups in total. The normalized spacial score (nSPS) is 11.5. The summed E-state index contributed by atoms with van der Waals surface area (Å²) in [5.41, 5.74) is -0.681. The molecule has 8 heteroatoms. The third-order valence-corrected chi connectivity index (χ3v) is 4.75. The van der Waals surface area contributed by atoms with Crippen molar-refractivity contribution in [3.8, 4) is 0 Å². The number of alkyl halides is 3. The van der Waals surface area contributed by atoms with Crippen LogP contribution in [0.1, 0.15) is 20.8 Å². The number of carbonyl (C=O) groups is 1. The Labute approximate surface area is 129 Å². The van der Waals surface area contributed by atoms with Crippen molar-refractivity contribution in [2.75, 3.05) is 5.32 Å². The van der Waals surface area contributed by atoms with E-state index in [0.29, 0.717) is 17.0 Å². The van der Waals surface area contributed by atoms with Crippen LogP contribution in [0.25, 0.3) is 0 Å². The number of halogens is 5. The molecule has 1 aromatic carbocycles. The van der Waals surface area contributed by atoms with E-state index in [0.717, 1.165) is 26.8 Å². The van der Waals surface area contributed by atoms with Crippen LogP contribution in [0.3, 0.4) is 0 Å². The molecule has 0 atom stereocenters. The van der Waals surface area contributed by atoms with Gasteiger partial charge in [-0.05, 0) is 52.7 Å². The van der Waals surface area contributed by atoms with Gasteiger partial charge in [-0.25, -0.2) is 4.39 Å². The minimum absolute atomic E-state index is 0.115. The zero-order valence-corrected chi connectivity index (χ0v) is 12.9. The highest BCUT2D eigenvalue weighted by Crippen LogP contribution is 2.33. The Balaban J connectivity index is 2.26. The molecule has 0 bridgehead atoms. The van der Waals surface area contributed by atoms with Gasteiger partial charge in [0.1, 0.15) is 5.82 Å². The lowest BCUT2D eigenvalue weighted by molar-refractivity contribution is -0.139. The quantitative estimate of drug-likeness (QED) is 0.709. The standard InChI is InChI=1S/C13H8BrF4NOS/c1-6-4-10(21-11(6)14)12(20)19-7-2-3-9(15)8(5-7)13(16,17)18/h2-5H,1H3,(H,19,20). The Morgan fingerprint density at radius 3 is 2.48 bits per heavy atom. The SMILES string of the molecule is Cc1cc(C(=O)Nc2ccc(F)c(C(F)(F)F)c2)sc1Br. The summed E-state index contributed by atoms with van der Waals surface area (Å²) in [7, 11) is 0. The number of aryl methyl sites for hydroxylation is 1. The lowest BCUT2D eigenvalue weighted by atomic mass is 10.1. The minimum atomic E-state index is -4.81. The van der Waals surface area contributed by atoms with Crippen molar-refractivity contribution in [3.63, 3.8) is 0 Å². The van der Waals surface area contributed by atoms with Gasteiger partial charge in [0.15, 0.2) is 0 Å². The van der Waals surface area contributed by atoms with Gasteiger partial charge in [-0.1, -0.05) is 0 Å². The molecule has 1 amide bonds. The molecule has 2 nitrogen and oxygen atoms in total. The summed E-state index contributed by atoms with van der Waals surface area (Å²) in [5.74, 6) is -1.93.